The van der Waals surface area contributed by atoms with Crippen molar-refractivity contribution in [3.63, 3.8) is 0 Å². The van der Waals surface area contributed by atoms with Gasteiger partial charge < -0.3 is 14.0 Å². The summed E-state index contributed by atoms with van der Waals surface area (Å²) in [5.41, 5.74) is 1.67. The molecule has 1 aromatic carbocycles. The number of aromatic nitrogens is 1. The van der Waals surface area contributed by atoms with E-state index in [0.717, 1.165) is 23.2 Å². The first kappa shape index (κ1) is 9.27. The Morgan fingerprint density at radius 3 is 3.06 bits per heavy atom. The van der Waals surface area contributed by atoms with Crippen molar-refractivity contribution in [2.24, 2.45) is 0 Å². The molecule has 1 aliphatic heterocycles. The van der Waals surface area contributed by atoms with E-state index in [-0.39, 0.29) is 5.97 Å². The summed E-state index contributed by atoms with van der Waals surface area (Å²) in [5, 5.41) is 1.01. The van der Waals surface area contributed by atoms with Gasteiger partial charge in [-0.15, -0.1) is 0 Å². The minimum Gasteiger partial charge on any atom is -0.497 e. The third-order valence-electron chi connectivity index (χ3n) is 2.87. The number of benzene rings is 1. The average Bonchev–Trinajstić information content (AvgIpc) is 2.68. The second kappa shape index (κ2) is 3.27. The van der Waals surface area contributed by atoms with Crippen LogP contribution in [0.1, 0.15) is 10.5 Å². The highest BCUT2D eigenvalue weighted by molar-refractivity contribution is 5.96. The lowest BCUT2D eigenvalue weighted by Crippen LogP contribution is -2.22. The first-order chi connectivity index (χ1) is 7.79. The molecule has 0 atom stereocenters. The lowest BCUT2D eigenvalue weighted by molar-refractivity contribution is 0.0426. The van der Waals surface area contributed by atoms with E-state index in [9.17, 15) is 4.79 Å². The van der Waals surface area contributed by atoms with Gasteiger partial charge in [0, 0.05) is 10.9 Å². The Kier molecular flexibility index (Phi) is 1.89. The van der Waals surface area contributed by atoms with Gasteiger partial charge >= 0.3 is 5.97 Å². The van der Waals surface area contributed by atoms with Crippen LogP contribution in [0.4, 0.5) is 0 Å². The van der Waals surface area contributed by atoms with Gasteiger partial charge in [0.2, 0.25) is 0 Å². The van der Waals surface area contributed by atoms with Gasteiger partial charge in [0.1, 0.15) is 18.1 Å². The highest BCUT2D eigenvalue weighted by Gasteiger charge is 2.21. The summed E-state index contributed by atoms with van der Waals surface area (Å²) < 4.78 is 12.1. The predicted molar refractivity (Wildman–Crippen MR) is 58.8 cm³/mol. The van der Waals surface area contributed by atoms with Gasteiger partial charge in [-0.3, -0.25) is 0 Å². The number of ether oxygens (including phenoxy) is 2. The topological polar surface area (TPSA) is 40.5 Å². The summed E-state index contributed by atoms with van der Waals surface area (Å²) in [7, 11) is 1.63. The number of methoxy groups -OCH3 is 1. The van der Waals surface area contributed by atoms with E-state index in [1.807, 2.05) is 28.8 Å². The van der Waals surface area contributed by atoms with Crippen LogP contribution in [-0.4, -0.2) is 24.3 Å². The molecular weight excluding hydrogens is 206 g/mol. The SMILES string of the molecule is COc1ccc2c(c1)cc1n2CCOC1=O. The maximum absolute atomic E-state index is 11.5. The number of carbonyl (C=O) groups is 1. The molecular formula is C12H11NO3. The van der Waals surface area contributed by atoms with Crippen molar-refractivity contribution in [1.82, 2.24) is 4.57 Å². The van der Waals surface area contributed by atoms with Gasteiger partial charge in [0.15, 0.2) is 0 Å². The maximum Gasteiger partial charge on any atom is 0.355 e. The number of nitrogens with zero attached hydrogens (tertiary/aromatic N) is 1. The zero-order valence-electron chi connectivity index (χ0n) is 8.90. The number of rotatable bonds is 1. The molecule has 4 nitrogen and oxygen atoms in total. The van der Waals surface area contributed by atoms with Crippen molar-refractivity contribution in [2.45, 2.75) is 6.54 Å². The molecule has 0 saturated carbocycles. The van der Waals surface area contributed by atoms with Crippen molar-refractivity contribution in [3.05, 3.63) is 30.0 Å². The highest BCUT2D eigenvalue weighted by Crippen LogP contribution is 2.26. The Morgan fingerprint density at radius 1 is 1.38 bits per heavy atom. The fourth-order valence-electron chi connectivity index (χ4n) is 2.09. The number of carbonyl (C=O) groups excluding carboxylic acids is 1. The molecule has 0 saturated heterocycles. The number of cyclic esters (lactones) is 1. The van der Waals surface area contributed by atoms with E-state index in [1.54, 1.807) is 7.11 Å². The first-order valence-electron chi connectivity index (χ1n) is 5.14. The molecule has 0 aliphatic carbocycles. The Bertz CT molecular complexity index is 571. The summed E-state index contributed by atoms with van der Waals surface area (Å²) in [6.07, 6.45) is 0. The van der Waals surface area contributed by atoms with E-state index in [4.69, 9.17) is 9.47 Å². The number of hydrogen-bond acceptors (Lipinski definition) is 3. The summed E-state index contributed by atoms with van der Waals surface area (Å²) >= 11 is 0. The fraction of sp³-hybridized carbons (Fsp3) is 0.250. The van der Waals surface area contributed by atoms with Crippen LogP contribution in [-0.2, 0) is 11.3 Å². The van der Waals surface area contributed by atoms with Crippen molar-refractivity contribution >= 4 is 16.9 Å². The smallest absolute Gasteiger partial charge is 0.355 e. The Labute approximate surface area is 92.4 Å². The molecule has 82 valence electrons. The average molecular weight is 217 g/mol. The maximum atomic E-state index is 11.5. The van der Waals surface area contributed by atoms with Crippen molar-refractivity contribution in [2.75, 3.05) is 13.7 Å². The lowest BCUT2D eigenvalue weighted by atomic mass is 10.2. The van der Waals surface area contributed by atoms with E-state index in [2.05, 4.69) is 0 Å². The minimum absolute atomic E-state index is 0.249. The van der Waals surface area contributed by atoms with Crippen LogP contribution in [0.15, 0.2) is 24.3 Å². The van der Waals surface area contributed by atoms with Gasteiger partial charge in [-0.1, -0.05) is 0 Å². The quantitative estimate of drug-likeness (QED) is 0.684. The molecule has 16 heavy (non-hydrogen) atoms. The molecule has 0 radical (unpaired) electrons. The van der Waals surface area contributed by atoms with Crippen LogP contribution < -0.4 is 4.74 Å². The van der Waals surface area contributed by atoms with Gasteiger partial charge in [0.05, 0.1) is 13.7 Å². The van der Waals surface area contributed by atoms with Crippen molar-refractivity contribution in [1.29, 1.82) is 0 Å². The Hall–Kier alpha value is -1.97. The first-order valence-corrected chi connectivity index (χ1v) is 5.14. The molecule has 1 aliphatic rings. The van der Waals surface area contributed by atoms with Crippen LogP contribution in [0.3, 0.4) is 0 Å². The summed E-state index contributed by atoms with van der Waals surface area (Å²) in [5.74, 6) is 0.547. The third kappa shape index (κ3) is 1.19. The van der Waals surface area contributed by atoms with Crippen LogP contribution in [0.2, 0.25) is 0 Å². The van der Waals surface area contributed by atoms with E-state index in [1.165, 1.54) is 0 Å². The molecule has 2 heterocycles. The molecule has 0 amide bonds. The monoisotopic (exact) mass is 217 g/mol. The van der Waals surface area contributed by atoms with E-state index in [0.29, 0.717) is 12.3 Å². The second-order valence-electron chi connectivity index (χ2n) is 3.74. The van der Waals surface area contributed by atoms with E-state index < -0.39 is 0 Å². The molecule has 0 fully saturated rings. The molecule has 3 rings (SSSR count). The normalized spacial score (nSPS) is 14.7. The molecule has 1 aromatic heterocycles. The molecule has 0 bridgehead atoms. The van der Waals surface area contributed by atoms with Gasteiger partial charge in [0.25, 0.3) is 0 Å². The van der Waals surface area contributed by atoms with Crippen LogP contribution in [0.5, 0.6) is 5.75 Å². The highest BCUT2D eigenvalue weighted by atomic mass is 16.5. The van der Waals surface area contributed by atoms with Gasteiger partial charge in [-0.2, -0.15) is 0 Å². The van der Waals surface area contributed by atoms with Crippen molar-refractivity contribution in [3.8, 4) is 5.75 Å². The van der Waals surface area contributed by atoms with Crippen LogP contribution in [0.25, 0.3) is 10.9 Å². The number of esters is 1. The zero-order valence-corrected chi connectivity index (χ0v) is 8.90. The molecule has 0 unspecified atom stereocenters. The van der Waals surface area contributed by atoms with Crippen LogP contribution >= 0.6 is 0 Å². The van der Waals surface area contributed by atoms with E-state index >= 15 is 0 Å². The minimum atomic E-state index is -0.249. The van der Waals surface area contributed by atoms with Crippen molar-refractivity contribution < 1.29 is 14.3 Å². The molecule has 4 heteroatoms. The Balaban J connectivity index is 2.27. The molecule has 0 spiro atoms. The summed E-state index contributed by atoms with van der Waals surface area (Å²) in [6.45, 7) is 1.17. The van der Waals surface area contributed by atoms with Gasteiger partial charge in [-0.05, 0) is 24.3 Å². The Morgan fingerprint density at radius 2 is 2.25 bits per heavy atom. The third-order valence-corrected chi connectivity index (χ3v) is 2.87. The van der Waals surface area contributed by atoms with Crippen LogP contribution in [0, 0.1) is 0 Å². The largest absolute Gasteiger partial charge is 0.497 e. The lowest BCUT2D eigenvalue weighted by Gasteiger charge is -2.15. The number of fused-ring (bicyclic) bond motifs is 3. The summed E-state index contributed by atoms with van der Waals surface area (Å²) in [6, 6.07) is 7.64. The predicted octanol–water partition coefficient (Wildman–Crippen LogP) is 1.82. The summed E-state index contributed by atoms with van der Waals surface area (Å²) in [4.78, 5) is 11.5. The standard InChI is InChI=1S/C12H11NO3/c1-15-9-2-3-10-8(6-9)7-11-12(14)16-5-4-13(10)11/h2-3,6-7H,4-5H2,1H3. The second-order valence-corrected chi connectivity index (χ2v) is 3.74. The van der Waals surface area contributed by atoms with Gasteiger partial charge in [-0.25, -0.2) is 4.79 Å². The molecule has 2 aromatic rings. The zero-order chi connectivity index (χ0) is 11.1. The fourth-order valence-corrected chi connectivity index (χ4v) is 2.09. The number of hydrogen-bond donors (Lipinski definition) is 0. The molecule has 0 N–H and O–H groups in total.